The number of benzene rings is 5. The zero-order valence-electron chi connectivity index (χ0n) is 22.5. The fourth-order valence-electron chi connectivity index (χ4n) is 5.92. The highest BCUT2D eigenvalue weighted by Crippen LogP contribution is 2.37. The first-order valence-electron chi connectivity index (χ1n) is 13.9. The normalized spacial score (nSPS) is 11.8. The predicted molar refractivity (Wildman–Crippen MR) is 173 cm³/mol. The zero-order chi connectivity index (χ0) is 28.5. The van der Waals surface area contributed by atoms with Crippen LogP contribution < -0.4 is 5.56 Å². The van der Waals surface area contributed by atoms with Gasteiger partial charge in [0.05, 0.1) is 27.5 Å². The summed E-state index contributed by atoms with van der Waals surface area (Å²) < 4.78 is 4.75. The number of para-hydroxylation sites is 1. The van der Waals surface area contributed by atoms with Crippen molar-refractivity contribution < 1.29 is 0 Å². The fraction of sp³-hybridized carbons (Fsp3) is 0. The van der Waals surface area contributed by atoms with Crippen LogP contribution in [-0.2, 0) is 0 Å². The number of hydrogen-bond donors (Lipinski definition) is 0. The summed E-state index contributed by atoms with van der Waals surface area (Å²) in [4.78, 5) is 34.4. The molecule has 202 valence electrons. The van der Waals surface area contributed by atoms with Crippen LogP contribution in [0.3, 0.4) is 0 Å². The van der Waals surface area contributed by atoms with Gasteiger partial charge in [-0.25, -0.2) is 14.4 Å². The lowest BCUT2D eigenvalue weighted by Crippen LogP contribution is -2.11. The summed E-state index contributed by atoms with van der Waals surface area (Å²) in [7, 11) is 0. The van der Waals surface area contributed by atoms with Gasteiger partial charge in [0.2, 0.25) is 5.95 Å². The molecule has 9 rings (SSSR count). The molecule has 4 heterocycles. The maximum atomic E-state index is 13.9. The molecule has 0 radical (unpaired) electrons. The van der Waals surface area contributed by atoms with E-state index in [-0.39, 0.29) is 5.56 Å². The van der Waals surface area contributed by atoms with E-state index in [9.17, 15) is 4.79 Å². The first-order chi connectivity index (χ1) is 21.2. The van der Waals surface area contributed by atoms with Crippen LogP contribution in [0.2, 0.25) is 0 Å². The highest BCUT2D eigenvalue weighted by Gasteiger charge is 2.22. The molecule has 7 nitrogen and oxygen atoms in total. The molecule has 0 aliphatic heterocycles. The average Bonchev–Trinajstić information content (AvgIpc) is 3.61. The molecule has 9 aromatic rings. The van der Waals surface area contributed by atoms with E-state index < -0.39 is 0 Å². The molecule has 0 amide bonds. The van der Waals surface area contributed by atoms with Crippen molar-refractivity contribution in [1.29, 1.82) is 0 Å². The lowest BCUT2D eigenvalue weighted by molar-refractivity contribution is 0.953. The third-order valence-corrected chi connectivity index (χ3v) is 8.86. The minimum absolute atomic E-state index is 0.0749. The molecule has 0 aliphatic rings. The number of nitrogens with zero attached hydrogens (tertiary/aromatic N) is 6. The van der Waals surface area contributed by atoms with Crippen LogP contribution in [0, 0.1) is 0 Å². The Morgan fingerprint density at radius 1 is 0.558 bits per heavy atom. The van der Waals surface area contributed by atoms with Gasteiger partial charge < -0.3 is 0 Å². The van der Waals surface area contributed by atoms with Gasteiger partial charge in [-0.3, -0.25) is 9.36 Å². The van der Waals surface area contributed by atoms with Crippen molar-refractivity contribution in [3.05, 3.63) is 132 Å². The molecule has 0 bridgehead atoms. The van der Waals surface area contributed by atoms with Gasteiger partial charge in [-0.05, 0) is 30.3 Å². The van der Waals surface area contributed by atoms with Crippen molar-refractivity contribution in [3.8, 4) is 28.7 Å². The van der Waals surface area contributed by atoms with Gasteiger partial charge in [0, 0.05) is 26.6 Å². The van der Waals surface area contributed by atoms with Gasteiger partial charge >= 0.3 is 0 Å². The van der Waals surface area contributed by atoms with Crippen LogP contribution in [0.4, 0.5) is 0 Å². The van der Waals surface area contributed by atoms with E-state index in [2.05, 4.69) is 16.7 Å². The van der Waals surface area contributed by atoms with Crippen molar-refractivity contribution in [2.24, 2.45) is 0 Å². The van der Waals surface area contributed by atoms with Crippen LogP contribution in [0.15, 0.2) is 126 Å². The Kier molecular flexibility index (Phi) is 5.08. The van der Waals surface area contributed by atoms with Crippen molar-refractivity contribution >= 4 is 59.2 Å². The molecule has 4 aromatic heterocycles. The quantitative estimate of drug-likeness (QED) is 0.217. The van der Waals surface area contributed by atoms with E-state index in [4.69, 9.17) is 19.9 Å². The molecule has 0 atom stereocenters. The number of imidazole rings is 1. The van der Waals surface area contributed by atoms with Crippen molar-refractivity contribution in [2.75, 3.05) is 0 Å². The largest absolute Gasteiger partial charge is 0.278 e. The molecule has 43 heavy (non-hydrogen) atoms. The number of fused-ring (bicyclic) bond motifs is 8. The molecule has 5 aromatic carbocycles. The number of aromatic nitrogens is 6. The van der Waals surface area contributed by atoms with Crippen LogP contribution in [0.25, 0.3) is 76.6 Å². The third kappa shape index (κ3) is 3.57. The standard InChI is InChI=1S/C35H20N6OS/c42-33-24-16-8-10-18-28(24)43-35-36-25-19-20-27-29(30(25)41(33)35)23-15-7-9-17-26(23)40(27)34-38-31(21-11-3-1-4-12-21)37-32(39-34)22-13-5-2-6-14-22/h1-20H. The molecule has 0 aliphatic carbocycles. The Morgan fingerprint density at radius 2 is 1.19 bits per heavy atom. The van der Waals surface area contributed by atoms with Gasteiger partial charge in [0.25, 0.3) is 5.56 Å². The van der Waals surface area contributed by atoms with Gasteiger partial charge in [-0.1, -0.05) is 102 Å². The number of hydrogen-bond acceptors (Lipinski definition) is 6. The van der Waals surface area contributed by atoms with E-state index in [0.717, 1.165) is 48.7 Å². The Labute approximate surface area is 248 Å². The summed E-state index contributed by atoms with van der Waals surface area (Å²) in [5.74, 6) is 1.67. The van der Waals surface area contributed by atoms with Crippen molar-refractivity contribution in [1.82, 2.24) is 28.9 Å². The second kappa shape index (κ2) is 9.14. The van der Waals surface area contributed by atoms with Gasteiger partial charge in [0.1, 0.15) is 0 Å². The second-order valence-electron chi connectivity index (χ2n) is 10.3. The minimum atomic E-state index is -0.0749. The van der Waals surface area contributed by atoms with Gasteiger partial charge in [0.15, 0.2) is 16.6 Å². The van der Waals surface area contributed by atoms with Gasteiger partial charge in [-0.2, -0.15) is 9.97 Å². The van der Waals surface area contributed by atoms with Crippen molar-refractivity contribution in [2.45, 2.75) is 0 Å². The summed E-state index contributed by atoms with van der Waals surface area (Å²) in [5, 5.41) is 2.60. The molecular formula is C35H20N6OS. The van der Waals surface area contributed by atoms with E-state index in [1.807, 2.05) is 109 Å². The number of rotatable bonds is 3. The second-order valence-corrected chi connectivity index (χ2v) is 11.3. The third-order valence-electron chi connectivity index (χ3n) is 7.83. The maximum Gasteiger partial charge on any atom is 0.266 e. The first kappa shape index (κ1) is 23.9. The van der Waals surface area contributed by atoms with E-state index in [0.29, 0.717) is 27.9 Å². The first-order valence-corrected chi connectivity index (χ1v) is 14.7. The molecule has 0 saturated heterocycles. The SMILES string of the molecule is O=c1c2ccccc2sc2nc3ccc4c(c5ccccc5n4-c4nc(-c5ccccc5)nc(-c5ccccc5)n4)c3n12. The topological polar surface area (TPSA) is 78.0 Å². The maximum absolute atomic E-state index is 13.9. The molecule has 8 heteroatoms. The molecule has 0 fully saturated rings. The minimum Gasteiger partial charge on any atom is -0.278 e. The highest BCUT2D eigenvalue weighted by molar-refractivity contribution is 7.23. The molecule has 0 N–H and O–H groups in total. The lowest BCUT2D eigenvalue weighted by atomic mass is 10.1. The van der Waals surface area contributed by atoms with Crippen molar-refractivity contribution in [3.63, 3.8) is 0 Å². The van der Waals surface area contributed by atoms with E-state index >= 15 is 0 Å². The summed E-state index contributed by atoms with van der Waals surface area (Å²) in [6.45, 7) is 0. The van der Waals surface area contributed by atoms with Crippen LogP contribution in [0.1, 0.15) is 0 Å². The smallest absolute Gasteiger partial charge is 0.266 e. The van der Waals surface area contributed by atoms with Crippen LogP contribution in [-0.4, -0.2) is 28.9 Å². The molecule has 0 unspecified atom stereocenters. The monoisotopic (exact) mass is 572 g/mol. The summed E-state index contributed by atoms with van der Waals surface area (Å²) in [6.07, 6.45) is 0. The average molecular weight is 573 g/mol. The Morgan fingerprint density at radius 3 is 1.91 bits per heavy atom. The van der Waals surface area contributed by atoms with Crippen LogP contribution in [0.5, 0.6) is 0 Å². The highest BCUT2D eigenvalue weighted by atomic mass is 32.1. The van der Waals surface area contributed by atoms with E-state index in [1.54, 1.807) is 4.40 Å². The molecule has 0 saturated carbocycles. The Balaban J connectivity index is 1.42. The summed E-state index contributed by atoms with van der Waals surface area (Å²) in [5.41, 5.74) is 5.10. The molecular weight excluding hydrogens is 552 g/mol. The van der Waals surface area contributed by atoms with Crippen LogP contribution >= 0.6 is 11.3 Å². The lowest BCUT2D eigenvalue weighted by Gasteiger charge is -2.10. The van der Waals surface area contributed by atoms with Gasteiger partial charge in [-0.15, -0.1) is 0 Å². The predicted octanol–water partition coefficient (Wildman–Crippen LogP) is 7.68. The Hall–Kier alpha value is -5.73. The summed E-state index contributed by atoms with van der Waals surface area (Å²) in [6, 6.07) is 39.8. The van der Waals surface area contributed by atoms with E-state index in [1.165, 1.54) is 11.3 Å². The fourth-order valence-corrected chi connectivity index (χ4v) is 6.94. The Bertz CT molecular complexity index is 2530. The zero-order valence-corrected chi connectivity index (χ0v) is 23.4. The molecule has 0 spiro atoms. The summed E-state index contributed by atoms with van der Waals surface area (Å²) >= 11 is 1.52.